The zero-order valence-electron chi connectivity index (χ0n) is 13.8. The summed E-state index contributed by atoms with van der Waals surface area (Å²) < 4.78 is 0. The summed E-state index contributed by atoms with van der Waals surface area (Å²) in [6.45, 7) is 4.02. The second-order valence-electron chi connectivity index (χ2n) is 6.43. The number of carbonyl (C=O) groups excluding carboxylic acids is 1. The molecule has 0 aliphatic heterocycles. The van der Waals surface area contributed by atoms with Crippen LogP contribution in [-0.2, 0) is 4.79 Å². The zero-order valence-corrected chi connectivity index (χ0v) is 13.8. The minimum atomic E-state index is -0.234. The van der Waals surface area contributed by atoms with Crippen LogP contribution in [0.1, 0.15) is 42.5 Å². The van der Waals surface area contributed by atoms with Crippen molar-refractivity contribution in [3.63, 3.8) is 0 Å². The molecule has 0 bridgehead atoms. The van der Waals surface area contributed by atoms with E-state index in [4.69, 9.17) is 0 Å². The molecule has 0 heterocycles. The lowest BCUT2D eigenvalue weighted by molar-refractivity contribution is -0.123. The number of hydrogen-bond donors (Lipinski definition) is 2. The molecule has 0 aromatic heterocycles. The van der Waals surface area contributed by atoms with Crippen LogP contribution in [0.25, 0.3) is 0 Å². The molecule has 2 atom stereocenters. The molecular weight excluding hydrogens is 284 g/mol. The molecule has 1 aliphatic carbocycles. The summed E-state index contributed by atoms with van der Waals surface area (Å²) in [6, 6.07) is 18.9. The first kappa shape index (κ1) is 15.8. The lowest BCUT2D eigenvalue weighted by atomic mass is 9.97. The summed E-state index contributed by atoms with van der Waals surface area (Å²) in [5.41, 5.74) is 3.58. The van der Waals surface area contributed by atoms with Gasteiger partial charge >= 0.3 is 0 Å². The van der Waals surface area contributed by atoms with Crippen LogP contribution < -0.4 is 10.6 Å². The smallest absolute Gasteiger partial charge is 0.237 e. The van der Waals surface area contributed by atoms with Gasteiger partial charge in [-0.25, -0.2) is 0 Å². The van der Waals surface area contributed by atoms with Crippen molar-refractivity contribution in [2.75, 3.05) is 0 Å². The molecule has 3 heteroatoms. The zero-order chi connectivity index (χ0) is 16.2. The normalized spacial score (nSPS) is 16.6. The predicted octanol–water partition coefficient (Wildman–Crippen LogP) is 3.34. The molecule has 23 heavy (non-hydrogen) atoms. The minimum absolute atomic E-state index is 0.0109. The first-order valence-electron chi connectivity index (χ1n) is 8.31. The third kappa shape index (κ3) is 4.20. The first-order chi connectivity index (χ1) is 11.1. The Morgan fingerprint density at radius 2 is 1.61 bits per heavy atom. The van der Waals surface area contributed by atoms with Gasteiger partial charge in [-0.05, 0) is 37.8 Å². The molecule has 2 aromatic rings. The molecule has 0 saturated heterocycles. The van der Waals surface area contributed by atoms with Crippen molar-refractivity contribution in [1.82, 2.24) is 10.6 Å². The van der Waals surface area contributed by atoms with E-state index in [0.29, 0.717) is 6.04 Å². The van der Waals surface area contributed by atoms with Crippen LogP contribution in [0.2, 0.25) is 0 Å². The molecule has 2 N–H and O–H groups in total. The van der Waals surface area contributed by atoms with Gasteiger partial charge in [0.2, 0.25) is 5.91 Å². The van der Waals surface area contributed by atoms with E-state index in [1.165, 1.54) is 16.7 Å². The second kappa shape index (κ2) is 6.97. The summed E-state index contributed by atoms with van der Waals surface area (Å²) in [5, 5.41) is 6.56. The van der Waals surface area contributed by atoms with Crippen molar-refractivity contribution < 1.29 is 4.79 Å². The predicted molar refractivity (Wildman–Crippen MR) is 93.2 cm³/mol. The van der Waals surface area contributed by atoms with E-state index in [-0.39, 0.29) is 18.0 Å². The van der Waals surface area contributed by atoms with E-state index in [1.54, 1.807) is 0 Å². The molecular formula is C20H24N2O. The average molecular weight is 308 g/mol. The largest absolute Gasteiger partial charge is 0.352 e. The number of amides is 1. The maximum absolute atomic E-state index is 12.3. The Morgan fingerprint density at radius 3 is 2.22 bits per heavy atom. The van der Waals surface area contributed by atoms with Crippen LogP contribution in [0.4, 0.5) is 0 Å². The Bertz CT molecular complexity index is 647. The molecule has 1 aliphatic rings. The summed E-state index contributed by atoms with van der Waals surface area (Å²) in [4.78, 5) is 12.3. The van der Waals surface area contributed by atoms with Crippen LogP contribution >= 0.6 is 0 Å². The monoisotopic (exact) mass is 308 g/mol. The van der Waals surface area contributed by atoms with Crippen molar-refractivity contribution >= 4 is 5.91 Å². The van der Waals surface area contributed by atoms with Gasteiger partial charge in [-0.1, -0.05) is 60.2 Å². The van der Waals surface area contributed by atoms with Crippen molar-refractivity contribution in [1.29, 1.82) is 0 Å². The van der Waals surface area contributed by atoms with Gasteiger partial charge in [0.15, 0.2) is 0 Å². The number of rotatable bonds is 6. The summed E-state index contributed by atoms with van der Waals surface area (Å²) in [5.74, 6) is 0.0838. The third-order valence-corrected chi connectivity index (χ3v) is 4.28. The van der Waals surface area contributed by atoms with Gasteiger partial charge in [0.25, 0.3) is 0 Å². The van der Waals surface area contributed by atoms with Crippen molar-refractivity contribution in [2.24, 2.45) is 0 Å². The third-order valence-electron chi connectivity index (χ3n) is 4.28. The van der Waals surface area contributed by atoms with Gasteiger partial charge < -0.3 is 5.32 Å². The van der Waals surface area contributed by atoms with E-state index < -0.39 is 0 Å². The van der Waals surface area contributed by atoms with E-state index in [2.05, 4.69) is 54.0 Å². The summed E-state index contributed by atoms with van der Waals surface area (Å²) in [7, 11) is 0. The Labute approximate surface area is 138 Å². The van der Waals surface area contributed by atoms with E-state index in [9.17, 15) is 4.79 Å². The van der Waals surface area contributed by atoms with Crippen LogP contribution in [-0.4, -0.2) is 18.0 Å². The van der Waals surface area contributed by atoms with E-state index in [0.717, 1.165) is 12.8 Å². The maximum Gasteiger partial charge on any atom is 0.237 e. The highest BCUT2D eigenvalue weighted by Crippen LogP contribution is 2.23. The topological polar surface area (TPSA) is 41.1 Å². The molecule has 1 amide bonds. The molecule has 1 saturated carbocycles. The average Bonchev–Trinajstić information content (AvgIpc) is 3.38. The number of hydrogen-bond acceptors (Lipinski definition) is 2. The molecule has 1 fully saturated rings. The highest BCUT2D eigenvalue weighted by molar-refractivity contribution is 5.82. The molecule has 0 spiro atoms. The second-order valence-corrected chi connectivity index (χ2v) is 6.43. The number of carbonyl (C=O) groups is 1. The summed E-state index contributed by atoms with van der Waals surface area (Å²) in [6.07, 6.45) is 2.22. The Kier molecular flexibility index (Phi) is 4.77. The van der Waals surface area contributed by atoms with Crippen LogP contribution in [0, 0.1) is 6.92 Å². The lowest BCUT2D eigenvalue weighted by Crippen LogP contribution is -2.44. The lowest BCUT2D eigenvalue weighted by Gasteiger charge is -2.24. The van der Waals surface area contributed by atoms with Gasteiger partial charge in [-0.3, -0.25) is 10.1 Å². The van der Waals surface area contributed by atoms with Crippen LogP contribution in [0.15, 0.2) is 54.6 Å². The maximum atomic E-state index is 12.3. The highest BCUT2D eigenvalue weighted by Gasteiger charge is 2.27. The standard InChI is InChI=1S/C20H24N2O/c1-14-8-10-17(11-9-14)19(16-6-4-3-5-7-16)21-15(2)20(23)22-18-12-13-18/h3-11,15,18-19,21H,12-13H2,1-2H3,(H,22,23)/t15-,19+/m1/s1. The molecule has 0 radical (unpaired) electrons. The Morgan fingerprint density at radius 1 is 1.00 bits per heavy atom. The molecule has 3 nitrogen and oxygen atoms in total. The Hall–Kier alpha value is -2.13. The fourth-order valence-corrected chi connectivity index (χ4v) is 2.67. The fraction of sp³-hybridized carbons (Fsp3) is 0.350. The number of aryl methyl sites for hydroxylation is 1. The van der Waals surface area contributed by atoms with Gasteiger partial charge in [0, 0.05) is 6.04 Å². The van der Waals surface area contributed by atoms with Gasteiger partial charge in [-0.2, -0.15) is 0 Å². The quantitative estimate of drug-likeness (QED) is 0.859. The summed E-state index contributed by atoms with van der Waals surface area (Å²) >= 11 is 0. The molecule has 3 rings (SSSR count). The molecule has 2 aromatic carbocycles. The molecule has 120 valence electrons. The van der Waals surface area contributed by atoms with Crippen molar-refractivity contribution in [3.05, 3.63) is 71.3 Å². The van der Waals surface area contributed by atoms with Gasteiger partial charge in [0.05, 0.1) is 12.1 Å². The van der Waals surface area contributed by atoms with Crippen molar-refractivity contribution in [2.45, 2.75) is 44.8 Å². The Balaban J connectivity index is 1.80. The van der Waals surface area contributed by atoms with Gasteiger partial charge in [-0.15, -0.1) is 0 Å². The van der Waals surface area contributed by atoms with Crippen molar-refractivity contribution in [3.8, 4) is 0 Å². The van der Waals surface area contributed by atoms with Crippen LogP contribution in [0.3, 0.4) is 0 Å². The highest BCUT2D eigenvalue weighted by atomic mass is 16.2. The number of benzene rings is 2. The van der Waals surface area contributed by atoms with E-state index in [1.807, 2.05) is 25.1 Å². The van der Waals surface area contributed by atoms with Crippen LogP contribution in [0.5, 0.6) is 0 Å². The fourth-order valence-electron chi connectivity index (χ4n) is 2.67. The van der Waals surface area contributed by atoms with E-state index >= 15 is 0 Å². The minimum Gasteiger partial charge on any atom is -0.352 e. The molecule has 0 unspecified atom stereocenters. The number of nitrogens with one attached hydrogen (secondary N) is 2. The van der Waals surface area contributed by atoms with Gasteiger partial charge in [0.1, 0.15) is 0 Å². The first-order valence-corrected chi connectivity index (χ1v) is 8.31. The SMILES string of the molecule is Cc1ccc([C@@H](N[C@H](C)C(=O)NC2CC2)c2ccccc2)cc1.